The summed E-state index contributed by atoms with van der Waals surface area (Å²) in [7, 11) is 0. The van der Waals surface area contributed by atoms with Crippen molar-refractivity contribution in [3.63, 3.8) is 0 Å². The average Bonchev–Trinajstić information content (AvgIpc) is 2.54. The highest BCUT2D eigenvalue weighted by Crippen LogP contribution is 2.40. The van der Waals surface area contributed by atoms with Crippen molar-refractivity contribution >= 4 is 12.1 Å². The molecule has 1 atom stereocenters. The highest BCUT2D eigenvalue weighted by Gasteiger charge is 2.51. The molecule has 2 aromatic rings. The Balaban J connectivity index is 2.63. The van der Waals surface area contributed by atoms with Crippen LogP contribution < -0.4 is 0 Å². The average molecular weight is 282 g/mol. The fourth-order valence-electron chi connectivity index (χ4n) is 2.36. The maximum absolute atomic E-state index is 12.9. The molecule has 1 N–H and O–H groups in total. The Morgan fingerprint density at radius 2 is 1.43 bits per heavy atom. The van der Waals surface area contributed by atoms with Crippen molar-refractivity contribution in [1.29, 1.82) is 0 Å². The minimum absolute atomic E-state index is 0.374. The van der Waals surface area contributed by atoms with Gasteiger partial charge in [-0.2, -0.15) is 0 Å². The van der Waals surface area contributed by atoms with Crippen LogP contribution in [0.25, 0.3) is 0 Å². The molecular weight excluding hydrogens is 264 g/mol. The second kappa shape index (κ2) is 5.62. The number of hydrogen-bond donors (Lipinski definition) is 1. The van der Waals surface area contributed by atoms with Crippen LogP contribution in [0.2, 0.25) is 0 Å². The number of Topliss-reactive ketones (excluding diaryl/α,β-unsaturated/α-hetero) is 1. The third-order valence-corrected chi connectivity index (χ3v) is 3.78. The first-order chi connectivity index (χ1) is 9.93. The Morgan fingerprint density at radius 3 is 1.90 bits per heavy atom. The molecule has 3 heteroatoms. The van der Waals surface area contributed by atoms with Crippen LogP contribution in [0.3, 0.4) is 0 Å². The number of benzene rings is 2. The van der Waals surface area contributed by atoms with E-state index in [1.54, 1.807) is 74.5 Å². The summed E-state index contributed by atoms with van der Waals surface area (Å²) in [4.78, 5) is 24.3. The lowest BCUT2D eigenvalue weighted by molar-refractivity contribution is -0.126. The summed E-state index contributed by atoms with van der Waals surface area (Å²) in [6, 6.07) is 17.1. The summed E-state index contributed by atoms with van der Waals surface area (Å²) in [6.45, 7) is 3.13. The van der Waals surface area contributed by atoms with Crippen LogP contribution in [-0.2, 0) is 10.4 Å². The van der Waals surface area contributed by atoms with E-state index < -0.39 is 16.8 Å². The lowest BCUT2D eigenvalue weighted by atomic mass is 9.68. The van der Waals surface area contributed by atoms with E-state index in [1.807, 2.05) is 0 Å². The highest BCUT2D eigenvalue weighted by atomic mass is 16.3. The minimum atomic E-state index is -1.91. The molecule has 0 bridgehead atoms. The van der Waals surface area contributed by atoms with Crippen molar-refractivity contribution in [2.24, 2.45) is 5.41 Å². The summed E-state index contributed by atoms with van der Waals surface area (Å²) in [5, 5.41) is 11.2. The van der Waals surface area contributed by atoms with Gasteiger partial charge in [-0.05, 0) is 19.4 Å². The van der Waals surface area contributed by atoms with E-state index >= 15 is 0 Å². The molecule has 0 saturated carbocycles. The summed E-state index contributed by atoms with van der Waals surface area (Å²) in [5.74, 6) is -0.480. The Hall–Kier alpha value is -2.26. The zero-order valence-corrected chi connectivity index (χ0v) is 12.1. The molecule has 0 aromatic heterocycles. The van der Waals surface area contributed by atoms with Gasteiger partial charge in [0.05, 0.1) is 5.41 Å². The molecule has 2 aromatic carbocycles. The van der Waals surface area contributed by atoms with Gasteiger partial charge in [0.2, 0.25) is 0 Å². The van der Waals surface area contributed by atoms with Gasteiger partial charge in [-0.1, -0.05) is 60.7 Å². The molecule has 0 heterocycles. The molecule has 1 unspecified atom stereocenters. The molecule has 0 aliphatic heterocycles. The number of ketones is 1. The SMILES string of the molecule is CC(C)(C=O)C(O)(C(=O)c1ccccc1)c1ccccc1. The van der Waals surface area contributed by atoms with Gasteiger partial charge >= 0.3 is 0 Å². The van der Waals surface area contributed by atoms with Gasteiger partial charge in [-0.15, -0.1) is 0 Å². The topological polar surface area (TPSA) is 54.4 Å². The number of aldehydes is 1. The van der Waals surface area contributed by atoms with Crippen molar-refractivity contribution in [2.45, 2.75) is 19.4 Å². The molecule has 0 aliphatic carbocycles. The fourth-order valence-corrected chi connectivity index (χ4v) is 2.36. The predicted octanol–water partition coefficient (Wildman–Crippen LogP) is 2.98. The van der Waals surface area contributed by atoms with Crippen molar-refractivity contribution in [2.75, 3.05) is 0 Å². The number of hydrogen-bond acceptors (Lipinski definition) is 3. The number of aliphatic hydroxyl groups is 1. The Kier molecular flexibility index (Phi) is 4.05. The Morgan fingerprint density at radius 1 is 0.952 bits per heavy atom. The quantitative estimate of drug-likeness (QED) is 0.677. The second-order valence-electron chi connectivity index (χ2n) is 5.61. The van der Waals surface area contributed by atoms with Gasteiger partial charge < -0.3 is 9.90 Å². The minimum Gasteiger partial charge on any atom is -0.376 e. The zero-order chi connectivity index (χ0) is 15.5. The van der Waals surface area contributed by atoms with Crippen LogP contribution in [0.15, 0.2) is 60.7 Å². The largest absolute Gasteiger partial charge is 0.376 e. The molecule has 0 saturated heterocycles. The number of carbonyl (C=O) groups excluding carboxylic acids is 2. The zero-order valence-electron chi connectivity index (χ0n) is 12.1. The first kappa shape index (κ1) is 15.1. The molecule has 0 fully saturated rings. The highest BCUT2D eigenvalue weighted by molar-refractivity contribution is 6.05. The Labute approximate surface area is 124 Å². The summed E-state index contributed by atoms with van der Waals surface area (Å²) < 4.78 is 0. The van der Waals surface area contributed by atoms with Gasteiger partial charge in [0.1, 0.15) is 6.29 Å². The van der Waals surface area contributed by atoms with Gasteiger partial charge in [0.15, 0.2) is 11.4 Å². The van der Waals surface area contributed by atoms with Gasteiger partial charge in [0, 0.05) is 5.56 Å². The van der Waals surface area contributed by atoms with E-state index in [0.717, 1.165) is 0 Å². The van der Waals surface area contributed by atoms with E-state index in [1.165, 1.54) is 0 Å². The lowest BCUT2D eigenvalue weighted by Crippen LogP contribution is -2.49. The smallest absolute Gasteiger partial charge is 0.199 e. The second-order valence-corrected chi connectivity index (χ2v) is 5.61. The van der Waals surface area contributed by atoms with Crippen molar-refractivity contribution in [3.05, 3.63) is 71.8 Å². The van der Waals surface area contributed by atoms with Crippen LogP contribution in [0.5, 0.6) is 0 Å². The van der Waals surface area contributed by atoms with Crippen LogP contribution >= 0.6 is 0 Å². The van der Waals surface area contributed by atoms with E-state index in [9.17, 15) is 14.7 Å². The first-order valence-electron chi connectivity index (χ1n) is 6.77. The molecule has 2 rings (SSSR count). The molecular formula is C18H18O3. The van der Waals surface area contributed by atoms with E-state index in [0.29, 0.717) is 17.4 Å². The van der Waals surface area contributed by atoms with Gasteiger partial charge in [-0.3, -0.25) is 4.79 Å². The molecule has 21 heavy (non-hydrogen) atoms. The van der Waals surface area contributed by atoms with Crippen molar-refractivity contribution < 1.29 is 14.7 Å². The first-order valence-corrected chi connectivity index (χ1v) is 6.77. The van der Waals surface area contributed by atoms with Crippen LogP contribution in [0.4, 0.5) is 0 Å². The van der Waals surface area contributed by atoms with E-state index in [2.05, 4.69) is 0 Å². The third-order valence-electron chi connectivity index (χ3n) is 3.78. The normalized spacial score (nSPS) is 14.2. The molecule has 0 radical (unpaired) electrons. The van der Waals surface area contributed by atoms with Crippen molar-refractivity contribution in [3.8, 4) is 0 Å². The summed E-state index contributed by atoms with van der Waals surface area (Å²) >= 11 is 0. The maximum Gasteiger partial charge on any atom is 0.199 e. The molecule has 0 aliphatic rings. The monoisotopic (exact) mass is 282 g/mol. The van der Waals surface area contributed by atoms with E-state index in [-0.39, 0.29) is 0 Å². The van der Waals surface area contributed by atoms with Crippen LogP contribution in [0.1, 0.15) is 29.8 Å². The number of carbonyl (C=O) groups is 2. The van der Waals surface area contributed by atoms with Gasteiger partial charge in [-0.25, -0.2) is 0 Å². The fraction of sp³-hybridized carbons (Fsp3) is 0.222. The molecule has 108 valence electrons. The van der Waals surface area contributed by atoms with Crippen molar-refractivity contribution in [1.82, 2.24) is 0 Å². The standard InChI is InChI=1S/C18H18O3/c1-17(2,13-19)18(21,15-11-7-4-8-12-15)16(20)14-9-5-3-6-10-14/h3-13,21H,1-2H3. The number of rotatable bonds is 5. The summed E-state index contributed by atoms with van der Waals surface area (Å²) in [6.07, 6.45) is 0.626. The lowest BCUT2D eigenvalue weighted by Gasteiger charge is -2.38. The van der Waals surface area contributed by atoms with Crippen LogP contribution in [0, 0.1) is 5.41 Å². The molecule has 3 nitrogen and oxygen atoms in total. The third kappa shape index (κ3) is 2.52. The van der Waals surface area contributed by atoms with Gasteiger partial charge in [0.25, 0.3) is 0 Å². The van der Waals surface area contributed by atoms with E-state index in [4.69, 9.17) is 0 Å². The molecule has 0 amide bonds. The summed E-state index contributed by atoms with van der Waals surface area (Å²) in [5.41, 5.74) is -2.37. The van der Waals surface area contributed by atoms with Crippen LogP contribution in [-0.4, -0.2) is 17.2 Å². The maximum atomic E-state index is 12.9. The Bertz CT molecular complexity index is 632. The molecule has 0 spiro atoms. The predicted molar refractivity (Wildman–Crippen MR) is 81.0 cm³/mol.